The Hall–Kier alpha value is -4.07. The molecule has 0 bridgehead atoms. The van der Waals surface area contributed by atoms with Crippen molar-refractivity contribution in [3.8, 4) is 0 Å². The number of nitrogens with two attached hydrogens (primary N) is 1. The minimum Gasteiger partial charge on any atom is -0.464 e. The first-order chi connectivity index (χ1) is 16.2. The number of amides is 1. The Kier molecular flexibility index (Phi) is 6.15. The number of rotatable bonds is 6. The lowest BCUT2D eigenvalue weighted by Gasteiger charge is -2.20. The zero-order valence-corrected chi connectivity index (χ0v) is 19.7. The Morgan fingerprint density at radius 1 is 1.18 bits per heavy atom. The van der Waals surface area contributed by atoms with Crippen molar-refractivity contribution in [2.24, 2.45) is 0 Å². The number of carbonyl (C=O) groups is 1. The number of hydrogen-bond donors (Lipinski definition) is 2. The van der Waals surface area contributed by atoms with E-state index in [1.165, 1.54) is 22.1 Å². The Labute approximate surface area is 196 Å². The van der Waals surface area contributed by atoms with Crippen LogP contribution in [0.4, 0.5) is 11.5 Å². The molecule has 2 aromatic carbocycles. The summed E-state index contributed by atoms with van der Waals surface area (Å²) in [5.41, 5.74) is 9.42. The third kappa shape index (κ3) is 4.26. The highest BCUT2D eigenvalue weighted by molar-refractivity contribution is 5.98. The van der Waals surface area contributed by atoms with Crippen molar-refractivity contribution in [1.29, 1.82) is 0 Å². The average molecular weight is 461 g/mol. The molecule has 0 spiro atoms. The largest absolute Gasteiger partial charge is 0.464 e. The average Bonchev–Trinajstić information content (AvgIpc) is 3.17. The highest BCUT2D eigenvalue weighted by Gasteiger charge is 2.23. The van der Waals surface area contributed by atoms with E-state index in [9.17, 15) is 14.4 Å². The van der Waals surface area contributed by atoms with Gasteiger partial charge in [0.05, 0.1) is 19.2 Å². The number of aromatic nitrogens is 2. The lowest BCUT2D eigenvalue weighted by atomic mass is 9.95. The molecule has 2 aromatic heterocycles. The lowest BCUT2D eigenvalue weighted by molar-refractivity contribution is -0.117. The van der Waals surface area contributed by atoms with Crippen molar-refractivity contribution >= 4 is 28.4 Å². The summed E-state index contributed by atoms with van der Waals surface area (Å²) >= 11 is 0. The second-order valence-corrected chi connectivity index (χ2v) is 8.81. The zero-order chi connectivity index (χ0) is 24.6. The SMILES string of the molecule is Cc1cc2occ(CC(=O)N(C)c3c(N)n(Cc4ccccc4)c(=O)[nH]c3=O)c2cc1C(C)C. The quantitative estimate of drug-likeness (QED) is 0.457. The van der Waals surface area contributed by atoms with Gasteiger partial charge in [0.2, 0.25) is 5.91 Å². The highest BCUT2D eigenvalue weighted by Crippen LogP contribution is 2.29. The van der Waals surface area contributed by atoms with Crippen LogP contribution < -0.4 is 21.9 Å². The van der Waals surface area contributed by atoms with Gasteiger partial charge in [-0.25, -0.2) is 4.79 Å². The van der Waals surface area contributed by atoms with Crippen LogP contribution >= 0.6 is 0 Å². The Morgan fingerprint density at radius 2 is 1.88 bits per heavy atom. The first kappa shape index (κ1) is 23.1. The molecule has 4 rings (SSSR count). The molecule has 8 nitrogen and oxygen atoms in total. The number of furan rings is 1. The van der Waals surface area contributed by atoms with Crippen LogP contribution in [0.15, 0.2) is 62.7 Å². The molecule has 0 radical (unpaired) electrons. The molecule has 3 N–H and O–H groups in total. The summed E-state index contributed by atoms with van der Waals surface area (Å²) in [5, 5.41) is 0.868. The van der Waals surface area contributed by atoms with Gasteiger partial charge in [-0.3, -0.25) is 19.1 Å². The lowest BCUT2D eigenvalue weighted by Crippen LogP contribution is -2.39. The number of fused-ring (bicyclic) bond motifs is 1. The Bertz CT molecular complexity index is 1480. The standard InChI is InChI=1S/C26H28N4O4/c1-15(2)19-12-20-18(14-34-21(20)10-16(19)3)11-22(31)29(4)23-24(27)30(26(33)28-25(23)32)13-17-8-6-5-7-9-17/h5-10,12,14-15H,11,13,27H2,1-4H3,(H,28,32,33). The summed E-state index contributed by atoms with van der Waals surface area (Å²) in [6, 6.07) is 13.3. The molecule has 0 aliphatic rings. The third-order valence-electron chi connectivity index (χ3n) is 6.11. The fourth-order valence-electron chi connectivity index (χ4n) is 4.23. The second kappa shape index (κ2) is 9.05. The van der Waals surface area contributed by atoms with E-state index in [0.717, 1.165) is 22.1 Å². The maximum atomic E-state index is 13.2. The number of likely N-dealkylation sites (N-methyl/N-ethyl adjacent to an activating group) is 1. The van der Waals surface area contributed by atoms with Gasteiger partial charge in [-0.1, -0.05) is 44.2 Å². The molecule has 0 saturated heterocycles. The Balaban J connectivity index is 1.67. The molecule has 0 aliphatic heterocycles. The molecule has 0 saturated carbocycles. The van der Waals surface area contributed by atoms with Gasteiger partial charge in [-0.2, -0.15) is 0 Å². The number of nitrogens with zero attached hydrogens (tertiary/aromatic N) is 2. The predicted molar refractivity (Wildman–Crippen MR) is 133 cm³/mol. The van der Waals surface area contributed by atoms with Gasteiger partial charge in [0.1, 0.15) is 11.4 Å². The normalized spacial score (nSPS) is 11.3. The maximum Gasteiger partial charge on any atom is 0.330 e. The van der Waals surface area contributed by atoms with Gasteiger partial charge in [-0.15, -0.1) is 0 Å². The van der Waals surface area contributed by atoms with E-state index in [1.807, 2.05) is 43.3 Å². The van der Waals surface area contributed by atoms with E-state index in [-0.39, 0.29) is 30.4 Å². The molecule has 176 valence electrons. The fourth-order valence-corrected chi connectivity index (χ4v) is 4.23. The highest BCUT2D eigenvalue weighted by atomic mass is 16.3. The Morgan fingerprint density at radius 3 is 2.56 bits per heavy atom. The van der Waals surface area contributed by atoms with Crippen molar-refractivity contribution in [3.05, 3.63) is 91.8 Å². The van der Waals surface area contributed by atoms with Crippen molar-refractivity contribution in [2.75, 3.05) is 17.7 Å². The number of anilines is 2. The van der Waals surface area contributed by atoms with Crippen molar-refractivity contribution in [1.82, 2.24) is 9.55 Å². The van der Waals surface area contributed by atoms with Crippen LogP contribution in [0.1, 0.15) is 42.0 Å². The summed E-state index contributed by atoms with van der Waals surface area (Å²) in [4.78, 5) is 41.7. The molecule has 1 amide bonds. The number of carbonyl (C=O) groups excluding carboxylic acids is 1. The molecule has 0 fully saturated rings. The summed E-state index contributed by atoms with van der Waals surface area (Å²) in [5.74, 6) is -0.0887. The van der Waals surface area contributed by atoms with Crippen LogP contribution in [-0.2, 0) is 17.8 Å². The second-order valence-electron chi connectivity index (χ2n) is 8.81. The maximum absolute atomic E-state index is 13.2. The monoisotopic (exact) mass is 460 g/mol. The summed E-state index contributed by atoms with van der Waals surface area (Å²) in [6.07, 6.45) is 1.59. The van der Waals surface area contributed by atoms with Crippen molar-refractivity contribution in [2.45, 2.75) is 39.7 Å². The molecule has 8 heteroatoms. The molecule has 2 heterocycles. The summed E-state index contributed by atoms with van der Waals surface area (Å²) < 4.78 is 6.94. The third-order valence-corrected chi connectivity index (χ3v) is 6.11. The van der Waals surface area contributed by atoms with Crippen molar-refractivity contribution < 1.29 is 9.21 Å². The number of nitrogen functional groups attached to an aromatic ring is 1. The van der Waals surface area contributed by atoms with E-state index < -0.39 is 11.2 Å². The minimum absolute atomic E-state index is 0.0147. The number of H-pyrrole nitrogens is 1. The van der Waals surface area contributed by atoms with Crippen LogP contribution in [0.5, 0.6) is 0 Å². The van der Waals surface area contributed by atoms with E-state index in [2.05, 4.69) is 24.9 Å². The van der Waals surface area contributed by atoms with Gasteiger partial charge >= 0.3 is 5.69 Å². The van der Waals surface area contributed by atoms with Crippen LogP contribution in [-0.4, -0.2) is 22.5 Å². The molecule has 0 aliphatic carbocycles. The number of hydrogen-bond acceptors (Lipinski definition) is 5. The van der Waals surface area contributed by atoms with Gasteiger partial charge in [0, 0.05) is 18.0 Å². The van der Waals surface area contributed by atoms with Crippen molar-refractivity contribution in [3.63, 3.8) is 0 Å². The molecular weight excluding hydrogens is 432 g/mol. The van der Waals surface area contributed by atoms with Gasteiger partial charge < -0.3 is 15.1 Å². The minimum atomic E-state index is -0.711. The molecule has 0 unspecified atom stereocenters. The van der Waals surface area contributed by atoms with Crippen LogP contribution in [0, 0.1) is 6.92 Å². The number of nitrogens with one attached hydrogen (secondary N) is 1. The number of aryl methyl sites for hydroxylation is 1. The van der Waals surface area contributed by atoms with E-state index in [0.29, 0.717) is 11.5 Å². The van der Waals surface area contributed by atoms with Crippen LogP contribution in [0.2, 0.25) is 0 Å². The van der Waals surface area contributed by atoms with E-state index in [4.69, 9.17) is 10.2 Å². The topological polar surface area (TPSA) is 114 Å². The zero-order valence-electron chi connectivity index (χ0n) is 19.7. The van der Waals surface area contributed by atoms with Gasteiger partial charge in [-0.05, 0) is 41.7 Å². The fraction of sp³-hybridized carbons (Fsp3) is 0.269. The predicted octanol–water partition coefficient (Wildman–Crippen LogP) is 3.55. The molecule has 4 aromatic rings. The van der Waals surface area contributed by atoms with Crippen LogP contribution in [0.25, 0.3) is 11.0 Å². The number of aromatic amines is 1. The smallest absolute Gasteiger partial charge is 0.330 e. The first-order valence-electron chi connectivity index (χ1n) is 11.1. The van der Waals surface area contributed by atoms with E-state index >= 15 is 0 Å². The number of benzene rings is 2. The summed E-state index contributed by atoms with van der Waals surface area (Å²) in [6.45, 7) is 6.44. The molecule has 0 atom stereocenters. The molecular formula is C26H28N4O4. The van der Waals surface area contributed by atoms with Crippen LogP contribution in [0.3, 0.4) is 0 Å². The van der Waals surface area contributed by atoms with E-state index in [1.54, 1.807) is 6.26 Å². The summed E-state index contributed by atoms with van der Waals surface area (Å²) in [7, 11) is 1.48. The van der Waals surface area contributed by atoms with Gasteiger partial charge in [0.25, 0.3) is 5.56 Å². The molecule has 34 heavy (non-hydrogen) atoms. The first-order valence-corrected chi connectivity index (χ1v) is 11.1. The van der Waals surface area contributed by atoms with Gasteiger partial charge in [0.15, 0.2) is 5.69 Å².